The van der Waals surface area contributed by atoms with Crippen molar-refractivity contribution in [3.63, 3.8) is 0 Å². The van der Waals surface area contributed by atoms with Gasteiger partial charge in [-0.2, -0.15) is 0 Å². The molecule has 1 aromatic rings. The Hall–Kier alpha value is -1.62. The Bertz CT molecular complexity index is 314. The predicted octanol–water partition coefficient (Wildman–Crippen LogP) is 0.444. The third-order valence-corrected chi connectivity index (χ3v) is 1.63. The minimum atomic E-state index is -0.299. The molecule has 0 spiro atoms. The molecule has 0 fully saturated rings. The van der Waals surface area contributed by atoms with Crippen LogP contribution in [0.4, 0.5) is 0 Å². The Morgan fingerprint density at radius 1 is 1.36 bits per heavy atom. The molecule has 0 aliphatic heterocycles. The van der Waals surface area contributed by atoms with Crippen LogP contribution in [-0.2, 0) is 0 Å². The molecule has 0 saturated carbocycles. The minimum absolute atomic E-state index is 0.164. The fourth-order valence-electron chi connectivity index (χ4n) is 0.984. The van der Waals surface area contributed by atoms with E-state index in [-0.39, 0.29) is 17.2 Å². The van der Waals surface area contributed by atoms with Crippen molar-refractivity contribution in [1.29, 1.82) is 0 Å². The first-order valence-corrected chi connectivity index (χ1v) is 4.12. The van der Waals surface area contributed by atoms with Gasteiger partial charge in [-0.25, -0.2) is 0 Å². The van der Waals surface area contributed by atoms with Crippen LogP contribution >= 0.6 is 0 Å². The average Bonchev–Trinajstić information content (AvgIpc) is 2.19. The first-order valence-electron chi connectivity index (χ1n) is 4.12. The summed E-state index contributed by atoms with van der Waals surface area (Å²) in [4.78, 5) is 0. The highest BCUT2D eigenvalue weighted by molar-refractivity contribution is 5.54. The normalized spacial score (nSPS) is 9.86. The van der Waals surface area contributed by atoms with Gasteiger partial charge in [0.05, 0.1) is 7.11 Å². The van der Waals surface area contributed by atoms with Gasteiger partial charge in [-0.3, -0.25) is 0 Å². The number of phenolic OH excluding ortho intramolecular Hbond substituents is 2. The molecule has 0 aromatic heterocycles. The molecule has 0 heterocycles. The standard InChI is InChI=1S/C9H13NO4/c1-13-8-5-6(14-3-2-10)4-7(11)9(8)12/h4-5,11-12H,2-3,10H2,1H3. The molecule has 1 rings (SSSR count). The van der Waals surface area contributed by atoms with Crippen molar-refractivity contribution in [1.82, 2.24) is 0 Å². The first kappa shape index (κ1) is 10.5. The lowest BCUT2D eigenvalue weighted by atomic mass is 10.3. The summed E-state index contributed by atoms with van der Waals surface area (Å²) in [7, 11) is 1.39. The quantitative estimate of drug-likeness (QED) is 0.613. The van der Waals surface area contributed by atoms with Gasteiger partial charge in [-0.05, 0) is 0 Å². The summed E-state index contributed by atoms with van der Waals surface area (Å²) >= 11 is 0. The molecule has 0 bridgehead atoms. The molecular formula is C9H13NO4. The number of nitrogens with two attached hydrogens (primary N) is 1. The van der Waals surface area contributed by atoms with Crippen LogP contribution in [0.3, 0.4) is 0 Å². The Morgan fingerprint density at radius 3 is 2.64 bits per heavy atom. The number of hydrogen-bond acceptors (Lipinski definition) is 5. The molecule has 1 aromatic carbocycles. The highest BCUT2D eigenvalue weighted by atomic mass is 16.5. The monoisotopic (exact) mass is 199 g/mol. The van der Waals surface area contributed by atoms with Gasteiger partial charge in [-0.15, -0.1) is 0 Å². The van der Waals surface area contributed by atoms with E-state index in [1.165, 1.54) is 19.2 Å². The van der Waals surface area contributed by atoms with E-state index in [1.54, 1.807) is 0 Å². The van der Waals surface area contributed by atoms with Gasteiger partial charge in [0.15, 0.2) is 11.5 Å². The summed E-state index contributed by atoms with van der Waals surface area (Å²) < 4.78 is 9.98. The molecule has 0 amide bonds. The third-order valence-electron chi connectivity index (χ3n) is 1.63. The molecule has 5 nitrogen and oxygen atoms in total. The van der Waals surface area contributed by atoms with E-state index in [0.717, 1.165) is 0 Å². The van der Waals surface area contributed by atoms with Gasteiger partial charge in [0.2, 0.25) is 5.75 Å². The second kappa shape index (κ2) is 4.57. The van der Waals surface area contributed by atoms with E-state index in [1.807, 2.05) is 0 Å². The Balaban J connectivity index is 2.91. The molecule has 0 radical (unpaired) electrons. The van der Waals surface area contributed by atoms with Crippen LogP contribution in [0.25, 0.3) is 0 Å². The predicted molar refractivity (Wildman–Crippen MR) is 50.9 cm³/mol. The number of hydrogen-bond donors (Lipinski definition) is 3. The second-order valence-corrected chi connectivity index (χ2v) is 2.63. The maximum Gasteiger partial charge on any atom is 0.200 e. The van der Waals surface area contributed by atoms with Gasteiger partial charge < -0.3 is 25.4 Å². The summed E-state index contributed by atoms with van der Waals surface area (Å²) in [6, 6.07) is 2.78. The lowest BCUT2D eigenvalue weighted by molar-refractivity contribution is 0.313. The molecule has 0 aliphatic rings. The third kappa shape index (κ3) is 2.20. The van der Waals surface area contributed by atoms with Crippen LogP contribution in [0.1, 0.15) is 0 Å². The highest BCUT2D eigenvalue weighted by Gasteiger charge is 2.09. The van der Waals surface area contributed by atoms with E-state index >= 15 is 0 Å². The van der Waals surface area contributed by atoms with Gasteiger partial charge in [0, 0.05) is 18.7 Å². The summed E-state index contributed by atoms with van der Waals surface area (Å²) in [5.41, 5.74) is 5.25. The zero-order chi connectivity index (χ0) is 10.6. The summed E-state index contributed by atoms with van der Waals surface area (Å²) in [6.07, 6.45) is 0. The van der Waals surface area contributed by atoms with Gasteiger partial charge in [0.1, 0.15) is 12.4 Å². The lowest BCUT2D eigenvalue weighted by Crippen LogP contribution is -2.10. The van der Waals surface area contributed by atoms with E-state index in [0.29, 0.717) is 18.9 Å². The molecule has 0 saturated heterocycles. The van der Waals surface area contributed by atoms with Crippen molar-refractivity contribution in [3.05, 3.63) is 12.1 Å². The Morgan fingerprint density at radius 2 is 2.07 bits per heavy atom. The molecule has 4 N–H and O–H groups in total. The molecule has 14 heavy (non-hydrogen) atoms. The smallest absolute Gasteiger partial charge is 0.200 e. The number of aromatic hydroxyl groups is 2. The first-order chi connectivity index (χ1) is 6.69. The fourth-order valence-corrected chi connectivity index (χ4v) is 0.984. The van der Waals surface area contributed by atoms with E-state index in [4.69, 9.17) is 15.2 Å². The topological polar surface area (TPSA) is 84.9 Å². The van der Waals surface area contributed by atoms with E-state index in [2.05, 4.69) is 0 Å². The van der Waals surface area contributed by atoms with Crippen molar-refractivity contribution < 1.29 is 19.7 Å². The minimum Gasteiger partial charge on any atom is -0.504 e. The molecular weight excluding hydrogens is 186 g/mol. The Labute approximate surface area is 81.7 Å². The van der Waals surface area contributed by atoms with Crippen LogP contribution < -0.4 is 15.2 Å². The van der Waals surface area contributed by atoms with Gasteiger partial charge in [-0.1, -0.05) is 0 Å². The zero-order valence-corrected chi connectivity index (χ0v) is 7.86. The summed E-state index contributed by atoms with van der Waals surface area (Å²) in [6.45, 7) is 0.720. The maximum atomic E-state index is 9.29. The number of phenols is 2. The van der Waals surface area contributed by atoms with Crippen molar-refractivity contribution in [2.24, 2.45) is 5.73 Å². The van der Waals surface area contributed by atoms with Crippen LogP contribution in [0.5, 0.6) is 23.0 Å². The molecule has 5 heteroatoms. The maximum absolute atomic E-state index is 9.29. The van der Waals surface area contributed by atoms with Crippen molar-refractivity contribution in [3.8, 4) is 23.0 Å². The Kier molecular flexibility index (Phi) is 3.41. The highest BCUT2D eigenvalue weighted by Crippen LogP contribution is 2.38. The molecule has 0 aliphatic carbocycles. The van der Waals surface area contributed by atoms with Crippen molar-refractivity contribution >= 4 is 0 Å². The summed E-state index contributed by atoms with van der Waals surface area (Å²) in [5.74, 6) is -0.0106. The van der Waals surface area contributed by atoms with Crippen LogP contribution in [0.15, 0.2) is 12.1 Å². The number of rotatable bonds is 4. The largest absolute Gasteiger partial charge is 0.504 e. The average molecular weight is 199 g/mol. The van der Waals surface area contributed by atoms with Crippen molar-refractivity contribution in [2.45, 2.75) is 0 Å². The summed E-state index contributed by atoms with van der Waals surface area (Å²) in [5, 5.41) is 18.6. The lowest BCUT2D eigenvalue weighted by Gasteiger charge is -2.09. The molecule has 0 unspecified atom stereocenters. The van der Waals surface area contributed by atoms with E-state index < -0.39 is 0 Å². The van der Waals surface area contributed by atoms with Crippen LogP contribution in [0, 0.1) is 0 Å². The molecule has 78 valence electrons. The van der Waals surface area contributed by atoms with E-state index in [9.17, 15) is 10.2 Å². The number of ether oxygens (including phenoxy) is 2. The fraction of sp³-hybridized carbons (Fsp3) is 0.333. The van der Waals surface area contributed by atoms with Crippen LogP contribution in [-0.4, -0.2) is 30.5 Å². The van der Waals surface area contributed by atoms with Gasteiger partial charge in [0.25, 0.3) is 0 Å². The molecule has 0 atom stereocenters. The van der Waals surface area contributed by atoms with Crippen molar-refractivity contribution in [2.75, 3.05) is 20.3 Å². The SMILES string of the molecule is COc1cc(OCCN)cc(O)c1O. The second-order valence-electron chi connectivity index (χ2n) is 2.63. The van der Waals surface area contributed by atoms with Gasteiger partial charge >= 0.3 is 0 Å². The van der Waals surface area contributed by atoms with Crippen LogP contribution in [0.2, 0.25) is 0 Å². The zero-order valence-electron chi connectivity index (χ0n) is 7.86. The number of methoxy groups -OCH3 is 1. The number of benzene rings is 1.